The Labute approximate surface area is 168 Å². The van der Waals surface area contributed by atoms with Gasteiger partial charge in [0.1, 0.15) is 11.5 Å². The molecule has 0 amide bonds. The van der Waals surface area contributed by atoms with E-state index in [1.807, 2.05) is 12.1 Å². The van der Waals surface area contributed by atoms with Crippen LogP contribution in [-0.4, -0.2) is 24.2 Å². The van der Waals surface area contributed by atoms with Gasteiger partial charge in [-0.1, -0.05) is 24.3 Å². The molecule has 1 unspecified atom stereocenters. The molecule has 29 heavy (non-hydrogen) atoms. The number of ether oxygens (including phenoxy) is 2. The first-order chi connectivity index (χ1) is 14.3. The number of H-pyrrole nitrogens is 2. The molecule has 4 heteroatoms. The third kappa shape index (κ3) is 2.20. The van der Waals surface area contributed by atoms with E-state index in [1.165, 1.54) is 38.7 Å². The molecule has 1 aliphatic rings. The van der Waals surface area contributed by atoms with Crippen molar-refractivity contribution < 1.29 is 9.47 Å². The summed E-state index contributed by atoms with van der Waals surface area (Å²) in [7, 11) is 3.43. The summed E-state index contributed by atoms with van der Waals surface area (Å²) >= 11 is 0. The van der Waals surface area contributed by atoms with Gasteiger partial charge in [0.2, 0.25) is 0 Å². The van der Waals surface area contributed by atoms with E-state index in [0.717, 1.165) is 22.5 Å². The smallest absolute Gasteiger partial charge is 0.119 e. The van der Waals surface area contributed by atoms with E-state index in [-0.39, 0.29) is 5.92 Å². The second kappa shape index (κ2) is 5.92. The van der Waals surface area contributed by atoms with Crippen molar-refractivity contribution in [2.75, 3.05) is 14.2 Å². The summed E-state index contributed by atoms with van der Waals surface area (Å²) in [4.78, 5) is 7.11. The largest absolute Gasteiger partial charge is 0.497 e. The van der Waals surface area contributed by atoms with Crippen LogP contribution in [0.25, 0.3) is 33.1 Å². The van der Waals surface area contributed by atoms with Gasteiger partial charge in [0.15, 0.2) is 0 Å². The van der Waals surface area contributed by atoms with Crippen LogP contribution in [0.5, 0.6) is 11.5 Å². The highest BCUT2D eigenvalue weighted by Gasteiger charge is 2.34. The Kier molecular flexibility index (Phi) is 3.33. The highest BCUT2D eigenvalue weighted by atomic mass is 16.5. The number of aromatic nitrogens is 2. The quantitative estimate of drug-likeness (QED) is 0.406. The van der Waals surface area contributed by atoms with Gasteiger partial charge >= 0.3 is 0 Å². The van der Waals surface area contributed by atoms with Crippen molar-refractivity contribution in [3.63, 3.8) is 0 Å². The number of hydrogen-bond donors (Lipinski definition) is 2. The summed E-state index contributed by atoms with van der Waals surface area (Å²) in [6.45, 7) is 0. The summed E-state index contributed by atoms with van der Waals surface area (Å²) in [5, 5.41) is 2.40. The molecule has 1 aliphatic carbocycles. The Morgan fingerprint density at radius 3 is 2.28 bits per heavy atom. The average molecular weight is 380 g/mol. The number of aromatic amines is 2. The summed E-state index contributed by atoms with van der Waals surface area (Å²) in [6.07, 6.45) is 2.14. The zero-order chi connectivity index (χ0) is 19.5. The zero-order valence-corrected chi connectivity index (χ0v) is 16.2. The minimum absolute atomic E-state index is 0.142. The summed E-state index contributed by atoms with van der Waals surface area (Å²) in [6, 6.07) is 21.1. The van der Waals surface area contributed by atoms with E-state index in [2.05, 4.69) is 64.7 Å². The van der Waals surface area contributed by atoms with E-state index in [0.29, 0.717) is 0 Å². The lowest BCUT2D eigenvalue weighted by Gasteiger charge is -2.14. The van der Waals surface area contributed by atoms with Gasteiger partial charge in [-0.25, -0.2) is 0 Å². The molecule has 0 aliphatic heterocycles. The van der Waals surface area contributed by atoms with Gasteiger partial charge in [0.25, 0.3) is 0 Å². The molecule has 5 aromatic rings. The summed E-state index contributed by atoms with van der Waals surface area (Å²) in [5.74, 6) is 1.88. The minimum atomic E-state index is 0.142. The van der Waals surface area contributed by atoms with Crippen LogP contribution in [-0.2, 0) is 0 Å². The molecule has 2 heterocycles. The van der Waals surface area contributed by atoms with Gasteiger partial charge in [-0.15, -0.1) is 0 Å². The Morgan fingerprint density at radius 1 is 0.759 bits per heavy atom. The highest BCUT2D eigenvalue weighted by molar-refractivity contribution is 5.99. The van der Waals surface area contributed by atoms with Crippen molar-refractivity contribution in [1.82, 2.24) is 9.97 Å². The molecule has 0 radical (unpaired) electrons. The van der Waals surface area contributed by atoms with Crippen LogP contribution in [0, 0.1) is 0 Å². The molecular formula is C25H20N2O2. The zero-order valence-electron chi connectivity index (χ0n) is 16.2. The second-order valence-electron chi connectivity index (χ2n) is 7.50. The average Bonchev–Trinajstić information content (AvgIpc) is 3.43. The number of benzene rings is 3. The molecule has 1 atom stereocenters. The SMILES string of the molecule is COc1ccc2[nH]cc(C3c4ccccc4-c4[nH]c5ccc(OC)cc5c43)c2c1. The lowest BCUT2D eigenvalue weighted by molar-refractivity contribution is 0.415. The van der Waals surface area contributed by atoms with Crippen LogP contribution in [0.3, 0.4) is 0 Å². The predicted molar refractivity (Wildman–Crippen MR) is 116 cm³/mol. The summed E-state index contributed by atoms with van der Waals surface area (Å²) in [5.41, 5.74) is 8.60. The van der Waals surface area contributed by atoms with E-state index >= 15 is 0 Å². The monoisotopic (exact) mass is 380 g/mol. The Bertz CT molecular complexity index is 1390. The summed E-state index contributed by atoms with van der Waals surface area (Å²) < 4.78 is 11.0. The van der Waals surface area contributed by atoms with Crippen LogP contribution in [0.1, 0.15) is 22.6 Å². The molecule has 6 rings (SSSR count). The standard InChI is InChI=1S/C25H20N2O2/c1-28-14-7-9-21-18(11-14)20(13-26-21)23-16-5-3-4-6-17(16)25-24(23)19-12-15(29-2)8-10-22(19)27-25/h3-13,23,26-27H,1-2H3. The molecule has 0 fully saturated rings. The van der Waals surface area contributed by atoms with Crippen molar-refractivity contribution in [2.45, 2.75) is 5.92 Å². The maximum Gasteiger partial charge on any atom is 0.119 e. The molecule has 142 valence electrons. The van der Waals surface area contributed by atoms with Gasteiger partial charge in [-0.3, -0.25) is 0 Å². The second-order valence-corrected chi connectivity index (χ2v) is 7.50. The molecule has 2 N–H and O–H groups in total. The lowest BCUT2D eigenvalue weighted by atomic mass is 9.88. The number of rotatable bonds is 3. The van der Waals surface area contributed by atoms with E-state index in [1.54, 1.807) is 14.2 Å². The minimum Gasteiger partial charge on any atom is -0.497 e. The van der Waals surface area contributed by atoms with Gasteiger partial charge < -0.3 is 19.4 Å². The molecular weight excluding hydrogens is 360 g/mol. The van der Waals surface area contributed by atoms with Crippen molar-refractivity contribution in [1.29, 1.82) is 0 Å². The third-order valence-electron chi connectivity index (χ3n) is 6.11. The molecule has 0 spiro atoms. The van der Waals surface area contributed by atoms with Crippen molar-refractivity contribution in [2.24, 2.45) is 0 Å². The Hall–Kier alpha value is -3.66. The van der Waals surface area contributed by atoms with Gasteiger partial charge in [0.05, 0.1) is 19.9 Å². The van der Waals surface area contributed by atoms with E-state index < -0.39 is 0 Å². The Morgan fingerprint density at radius 2 is 1.48 bits per heavy atom. The first-order valence-corrected chi connectivity index (χ1v) is 9.72. The van der Waals surface area contributed by atoms with Crippen LogP contribution in [0.4, 0.5) is 0 Å². The van der Waals surface area contributed by atoms with Crippen LogP contribution in [0.2, 0.25) is 0 Å². The van der Waals surface area contributed by atoms with Gasteiger partial charge in [-0.2, -0.15) is 0 Å². The number of fused-ring (bicyclic) bond motifs is 6. The molecule has 2 aromatic heterocycles. The van der Waals surface area contributed by atoms with Crippen LogP contribution < -0.4 is 9.47 Å². The number of methoxy groups -OCH3 is 2. The fourth-order valence-corrected chi connectivity index (χ4v) is 4.77. The van der Waals surface area contributed by atoms with E-state index in [4.69, 9.17) is 9.47 Å². The van der Waals surface area contributed by atoms with Crippen LogP contribution >= 0.6 is 0 Å². The van der Waals surface area contributed by atoms with Crippen molar-refractivity contribution in [3.05, 3.63) is 83.6 Å². The highest BCUT2D eigenvalue weighted by Crippen LogP contribution is 2.52. The molecule has 0 bridgehead atoms. The van der Waals surface area contributed by atoms with Gasteiger partial charge in [0, 0.05) is 39.5 Å². The van der Waals surface area contributed by atoms with Crippen LogP contribution in [0.15, 0.2) is 66.9 Å². The molecule has 3 aromatic carbocycles. The number of hydrogen-bond acceptors (Lipinski definition) is 2. The Balaban J connectivity index is 1.69. The topological polar surface area (TPSA) is 50.0 Å². The molecule has 0 saturated heterocycles. The fraction of sp³-hybridized carbons (Fsp3) is 0.120. The van der Waals surface area contributed by atoms with Crippen molar-refractivity contribution >= 4 is 21.8 Å². The first-order valence-electron chi connectivity index (χ1n) is 9.72. The number of nitrogens with one attached hydrogen (secondary N) is 2. The third-order valence-corrected chi connectivity index (χ3v) is 6.11. The van der Waals surface area contributed by atoms with Gasteiger partial charge in [-0.05, 0) is 53.1 Å². The van der Waals surface area contributed by atoms with E-state index in [9.17, 15) is 0 Å². The fourth-order valence-electron chi connectivity index (χ4n) is 4.77. The predicted octanol–water partition coefficient (Wildman–Crippen LogP) is 5.83. The first kappa shape index (κ1) is 16.3. The lowest BCUT2D eigenvalue weighted by Crippen LogP contribution is -1.98. The maximum absolute atomic E-state index is 5.52. The normalized spacial score (nSPS) is 14.9. The molecule has 0 saturated carbocycles. The molecule has 4 nitrogen and oxygen atoms in total. The van der Waals surface area contributed by atoms with Crippen molar-refractivity contribution in [3.8, 4) is 22.8 Å². The maximum atomic E-state index is 5.52.